The summed E-state index contributed by atoms with van der Waals surface area (Å²) in [5.74, 6) is 0.746. The Morgan fingerprint density at radius 1 is 1.14 bits per heavy atom. The highest BCUT2D eigenvalue weighted by molar-refractivity contribution is 8.00. The van der Waals surface area contributed by atoms with Crippen molar-refractivity contribution in [2.75, 3.05) is 12.5 Å². The van der Waals surface area contributed by atoms with Gasteiger partial charge < -0.3 is 19.5 Å². The summed E-state index contributed by atoms with van der Waals surface area (Å²) in [7, 11) is 0. The molecule has 1 aliphatic rings. The summed E-state index contributed by atoms with van der Waals surface area (Å²) in [4.78, 5) is 25.3. The van der Waals surface area contributed by atoms with Gasteiger partial charge in [-0.2, -0.15) is 0 Å². The summed E-state index contributed by atoms with van der Waals surface area (Å²) in [5, 5.41) is 2.77. The molecule has 0 saturated carbocycles. The lowest BCUT2D eigenvalue weighted by atomic mass is 10.2. The molecule has 2 aromatic carbocycles. The lowest BCUT2D eigenvalue weighted by Gasteiger charge is -2.14. The SMILES string of the molecule is Cc1ccc(SCC(=O)O[C@H](C)C(=O)NCc2ccc3c(c2)OCO3)c(C)c1. The van der Waals surface area contributed by atoms with E-state index in [1.54, 1.807) is 13.0 Å². The Kier molecular flexibility index (Phi) is 6.46. The number of benzene rings is 2. The Labute approximate surface area is 168 Å². The van der Waals surface area contributed by atoms with Crippen LogP contribution in [0.5, 0.6) is 11.5 Å². The Bertz CT molecular complexity index is 883. The smallest absolute Gasteiger partial charge is 0.317 e. The van der Waals surface area contributed by atoms with Gasteiger partial charge in [0.2, 0.25) is 6.79 Å². The van der Waals surface area contributed by atoms with Gasteiger partial charge in [0.15, 0.2) is 17.6 Å². The molecule has 0 radical (unpaired) electrons. The van der Waals surface area contributed by atoms with Crippen molar-refractivity contribution in [3.05, 3.63) is 53.1 Å². The van der Waals surface area contributed by atoms with Crippen molar-refractivity contribution in [2.45, 2.75) is 38.3 Å². The van der Waals surface area contributed by atoms with E-state index in [2.05, 4.69) is 11.4 Å². The van der Waals surface area contributed by atoms with Crippen LogP contribution in [0.1, 0.15) is 23.6 Å². The fourth-order valence-corrected chi connectivity index (χ4v) is 3.56. The standard InChI is InChI=1S/C21H23NO5S/c1-13-4-7-19(14(2)8-13)28-11-20(23)27-15(3)21(24)22-10-16-5-6-17-18(9-16)26-12-25-17/h4-9,15H,10-12H2,1-3H3,(H,22,24)/t15-/m1/s1. The first kappa shape index (κ1) is 20.1. The van der Waals surface area contributed by atoms with Gasteiger partial charge in [0.05, 0.1) is 5.75 Å². The van der Waals surface area contributed by atoms with E-state index in [1.165, 1.54) is 17.3 Å². The number of hydrogen-bond donors (Lipinski definition) is 1. The third-order valence-corrected chi connectivity index (χ3v) is 5.41. The molecule has 28 heavy (non-hydrogen) atoms. The van der Waals surface area contributed by atoms with E-state index >= 15 is 0 Å². The molecule has 0 aromatic heterocycles. The first-order valence-electron chi connectivity index (χ1n) is 8.98. The van der Waals surface area contributed by atoms with Gasteiger partial charge in [0.1, 0.15) is 0 Å². The summed E-state index contributed by atoms with van der Waals surface area (Å²) >= 11 is 1.41. The first-order valence-corrected chi connectivity index (χ1v) is 9.96. The molecule has 6 nitrogen and oxygen atoms in total. The van der Waals surface area contributed by atoms with Crippen LogP contribution in [0.25, 0.3) is 0 Å². The van der Waals surface area contributed by atoms with E-state index in [0.29, 0.717) is 18.0 Å². The van der Waals surface area contributed by atoms with E-state index in [4.69, 9.17) is 14.2 Å². The summed E-state index contributed by atoms with van der Waals surface area (Å²) < 4.78 is 15.8. The van der Waals surface area contributed by atoms with Crippen molar-refractivity contribution in [3.8, 4) is 11.5 Å². The number of aryl methyl sites for hydroxylation is 2. The lowest BCUT2D eigenvalue weighted by molar-refractivity contribution is -0.152. The van der Waals surface area contributed by atoms with Crippen LogP contribution in [0, 0.1) is 13.8 Å². The summed E-state index contributed by atoms with van der Waals surface area (Å²) in [6, 6.07) is 11.5. The summed E-state index contributed by atoms with van der Waals surface area (Å²) in [6.45, 7) is 6.12. The maximum Gasteiger partial charge on any atom is 0.317 e. The lowest BCUT2D eigenvalue weighted by Crippen LogP contribution is -2.35. The molecule has 7 heteroatoms. The molecule has 1 aliphatic heterocycles. The molecule has 1 heterocycles. The molecule has 0 aliphatic carbocycles. The van der Waals surface area contributed by atoms with E-state index in [1.807, 2.05) is 38.1 Å². The van der Waals surface area contributed by atoms with Gasteiger partial charge in [-0.1, -0.05) is 23.8 Å². The van der Waals surface area contributed by atoms with Gasteiger partial charge in [0.25, 0.3) is 5.91 Å². The maximum atomic E-state index is 12.2. The molecule has 0 spiro atoms. The fraction of sp³-hybridized carbons (Fsp3) is 0.333. The number of fused-ring (bicyclic) bond motifs is 1. The monoisotopic (exact) mass is 401 g/mol. The molecule has 1 amide bonds. The van der Waals surface area contributed by atoms with Crippen LogP contribution in [0.15, 0.2) is 41.3 Å². The largest absolute Gasteiger partial charge is 0.454 e. The fourth-order valence-electron chi connectivity index (χ4n) is 2.77. The summed E-state index contributed by atoms with van der Waals surface area (Å²) in [5.41, 5.74) is 3.17. The molecule has 1 atom stereocenters. The zero-order chi connectivity index (χ0) is 20.1. The molecule has 2 aromatic rings. The van der Waals surface area contributed by atoms with Crippen LogP contribution in [-0.4, -0.2) is 30.5 Å². The third-order valence-electron chi connectivity index (χ3n) is 4.26. The molecule has 148 valence electrons. The van der Waals surface area contributed by atoms with Crippen molar-refractivity contribution in [2.24, 2.45) is 0 Å². The minimum absolute atomic E-state index is 0.156. The van der Waals surface area contributed by atoms with Crippen LogP contribution >= 0.6 is 11.8 Å². The van der Waals surface area contributed by atoms with Crippen LogP contribution in [0.3, 0.4) is 0 Å². The van der Waals surface area contributed by atoms with Crippen molar-refractivity contribution < 1.29 is 23.8 Å². The topological polar surface area (TPSA) is 73.9 Å². The molecule has 3 rings (SSSR count). The number of esters is 1. The number of thioether (sulfide) groups is 1. The molecule has 0 saturated heterocycles. The second-order valence-electron chi connectivity index (χ2n) is 6.60. The molecule has 0 bridgehead atoms. The number of hydrogen-bond acceptors (Lipinski definition) is 6. The van der Waals surface area contributed by atoms with Crippen molar-refractivity contribution >= 4 is 23.6 Å². The van der Waals surface area contributed by atoms with Crippen molar-refractivity contribution in [1.82, 2.24) is 5.32 Å². The highest BCUT2D eigenvalue weighted by atomic mass is 32.2. The van der Waals surface area contributed by atoms with E-state index in [-0.39, 0.29) is 18.5 Å². The number of carbonyl (C=O) groups is 2. The zero-order valence-electron chi connectivity index (χ0n) is 16.1. The van der Waals surface area contributed by atoms with Crippen molar-refractivity contribution in [1.29, 1.82) is 0 Å². The Balaban J connectivity index is 1.43. The van der Waals surface area contributed by atoms with Gasteiger partial charge in [0, 0.05) is 11.4 Å². The molecule has 0 fully saturated rings. The quantitative estimate of drug-likeness (QED) is 0.566. The van der Waals surface area contributed by atoms with Gasteiger partial charge in [-0.05, 0) is 50.1 Å². The van der Waals surface area contributed by atoms with Crippen molar-refractivity contribution in [3.63, 3.8) is 0 Å². The second kappa shape index (κ2) is 9.01. The minimum atomic E-state index is -0.860. The molecular weight excluding hydrogens is 378 g/mol. The Morgan fingerprint density at radius 3 is 2.71 bits per heavy atom. The van der Waals surface area contributed by atoms with Crippen LogP contribution in [0.4, 0.5) is 0 Å². The van der Waals surface area contributed by atoms with E-state index in [0.717, 1.165) is 16.0 Å². The maximum absolute atomic E-state index is 12.2. The van der Waals surface area contributed by atoms with Crippen LogP contribution in [-0.2, 0) is 20.9 Å². The molecule has 1 N–H and O–H groups in total. The predicted octanol–water partition coefficient (Wildman–Crippen LogP) is 3.37. The average Bonchev–Trinajstić information content (AvgIpc) is 3.13. The molecule has 0 unspecified atom stereocenters. The minimum Gasteiger partial charge on any atom is -0.454 e. The van der Waals surface area contributed by atoms with Gasteiger partial charge >= 0.3 is 5.97 Å². The molecular formula is C21H23NO5S. The van der Waals surface area contributed by atoms with Gasteiger partial charge in [-0.15, -0.1) is 11.8 Å². The van der Waals surface area contributed by atoms with E-state index in [9.17, 15) is 9.59 Å². The van der Waals surface area contributed by atoms with Gasteiger partial charge in [-0.25, -0.2) is 0 Å². The highest BCUT2D eigenvalue weighted by Gasteiger charge is 2.19. The predicted molar refractivity (Wildman–Crippen MR) is 107 cm³/mol. The van der Waals surface area contributed by atoms with Crippen LogP contribution < -0.4 is 14.8 Å². The summed E-state index contributed by atoms with van der Waals surface area (Å²) in [6.07, 6.45) is -0.860. The number of carbonyl (C=O) groups excluding carboxylic acids is 2. The average molecular weight is 401 g/mol. The zero-order valence-corrected chi connectivity index (χ0v) is 16.9. The number of amides is 1. The Hall–Kier alpha value is -2.67. The normalized spacial score (nSPS) is 13.1. The van der Waals surface area contributed by atoms with E-state index < -0.39 is 12.1 Å². The third kappa shape index (κ3) is 5.19. The number of nitrogens with one attached hydrogen (secondary N) is 1. The highest BCUT2D eigenvalue weighted by Crippen LogP contribution is 2.32. The Morgan fingerprint density at radius 2 is 1.93 bits per heavy atom. The number of rotatable bonds is 7. The number of ether oxygens (including phenoxy) is 3. The van der Waals surface area contributed by atoms with Crippen LogP contribution in [0.2, 0.25) is 0 Å². The van der Waals surface area contributed by atoms with Gasteiger partial charge in [-0.3, -0.25) is 9.59 Å². The second-order valence-corrected chi connectivity index (χ2v) is 7.61. The first-order chi connectivity index (χ1) is 13.4.